The summed E-state index contributed by atoms with van der Waals surface area (Å²) in [6, 6.07) is 11.5. The Morgan fingerprint density at radius 1 is 1.04 bits per heavy atom. The molecular weight excluding hydrogens is 370 g/mol. The first-order chi connectivity index (χ1) is 11.5. The monoisotopic (exact) mass is 387 g/mol. The maximum Gasteiger partial charge on any atom is 0.299 e. The first-order valence-electron chi connectivity index (χ1n) is 7.83. The van der Waals surface area contributed by atoms with Gasteiger partial charge >= 0.3 is 0 Å². The number of halogens is 1. The average molecular weight is 388 g/mol. The summed E-state index contributed by atoms with van der Waals surface area (Å²) in [5, 5.41) is 0. The summed E-state index contributed by atoms with van der Waals surface area (Å²) in [6.45, 7) is 4.86. The third kappa shape index (κ3) is 3.22. The molecule has 1 heterocycles. The average Bonchev–Trinajstić information content (AvgIpc) is 2.78. The highest BCUT2D eigenvalue weighted by atomic mass is 79.9. The Morgan fingerprint density at radius 2 is 1.75 bits per heavy atom. The Hall–Kier alpha value is -2.14. The van der Waals surface area contributed by atoms with Crippen LogP contribution >= 0.6 is 15.9 Å². The summed E-state index contributed by atoms with van der Waals surface area (Å²) >= 11 is 3.47. The van der Waals surface area contributed by atoms with Gasteiger partial charge in [-0.3, -0.25) is 9.59 Å². The number of ether oxygens (including phenoxy) is 1. The normalized spacial score (nSPS) is 13.4. The molecule has 0 saturated heterocycles. The van der Waals surface area contributed by atoms with E-state index in [1.54, 1.807) is 11.0 Å². The Labute approximate surface area is 149 Å². The van der Waals surface area contributed by atoms with Crippen LogP contribution in [-0.4, -0.2) is 24.8 Å². The number of anilines is 1. The largest absolute Gasteiger partial charge is 0.494 e. The highest BCUT2D eigenvalue weighted by Gasteiger charge is 2.37. The van der Waals surface area contributed by atoms with Crippen molar-refractivity contribution in [1.82, 2.24) is 0 Å². The minimum absolute atomic E-state index is 0.436. The van der Waals surface area contributed by atoms with Crippen molar-refractivity contribution >= 4 is 33.3 Å². The first-order valence-corrected chi connectivity index (χ1v) is 8.62. The minimum atomic E-state index is -0.466. The fourth-order valence-corrected chi connectivity index (χ4v) is 3.57. The predicted octanol–water partition coefficient (Wildman–Crippen LogP) is 4.06. The molecule has 0 fully saturated rings. The number of aryl methyl sites for hydroxylation is 2. The summed E-state index contributed by atoms with van der Waals surface area (Å²) in [5.74, 6) is -0.0953. The van der Waals surface area contributed by atoms with Crippen LogP contribution in [0.15, 0.2) is 40.9 Å². The summed E-state index contributed by atoms with van der Waals surface area (Å²) in [5.41, 5.74) is 3.28. The van der Waals surface area contributed by atoms with Crippen molar-refractivity contribution in [2.24, 2.45) is 0 Å². The number of hydrogen-bond donors (Lipinski definition) is 0. The quantitative estimate of drug-likeness (QED) is 0.573. The van der Waals surface area contributed by atoms with Crippen molar-refractivity contribution in [1.29, 1.82) is 0 Å². The van der Waals surface area contributed by atoms with Gasteiger partial charge in [0, 0.05) is 11.0 Å². The molecule has 0 N–H and O–H groups in total. The number of amides is 1. The topological polar surface area (TPSA) is 46.6 Å². The fraction of sp³-hybridized carbons (Fsp3) is 0.263. The molecule has 124 valence electrons. The number of rotatable bonds is 5. The lowest BCUT2D eigenvalue weighted by molar-refractivity contribution is -0.114. The zero-order valence-corrected chi connectivity index (χ0v) is 15.2. The number of hydrogen-bond acceptors (Lipinski definition) is 3. The van der Waals surface area contributed by atoms with Crippen molar-refractivity contribution in [2.45, 2.75) is 20.3 Å². The number of carbonyl (C=O) groups is 2. The second-order valence-electron chi connectivity index (χ2n) is 5.94. The van der Waals surface area contributed by atoms with Gasteiger partial charge in [-0.2, -0.15) is 0 Å². The van der Waals surface area contributed by atoms with Crippen LogP contribution in [-0.2, 0) is 4.79 Å². The minimum Gasteiger partial charge on any atom is -0.494 e. The van der Waals surface area contributed by atoms with E-state index in [0.29, 0.717) is 30.8 Å². The molecule has 0 atom stereocenters. The highest BCUT2D eigenvalue weighted by Crippen LogP contribution is 2.37. The molecular formula is C19H18BrNO3. The molecule has 1 amide bonds. The van der Waals surface area contributed by atoms with Gasteiger partial charge in [0.2, 0.25) is 0 Å². The molecule has 0 saturated carbocycles. The van der Waals surface area contributed by atoms with Crippen LogP contribution in [0.1, 0.15) is 27.9 Å². The number of benzene rings is 2. The second kappa shape index (κ2) is 6.77. The molecule has 0 radical (unpaired) electrons. The van der Waals surface area contributed by atoms with Crippen molar-refractivity contribution in [3.63, 3.8) is 0 Å². The van der Waals surface area contributed by atoms with E-state index in [1.807, 2.05) is 44.2 Å². The SMILES string of the molecule is Cc1ccc(OCCCN2C(=O)C(=O)c3cc(C)cc(Br)c32)cc1. The molecule has 0 unspecified atom stereocenters. The maximum atomic E-state index is 12.2. The first kappa shape index (κ1) is 16.7. The summed E-state index contributed by atoms with van der Waals surface area (Å²) < 4.78 is 6.46. The molecule has 4 nitrogen and oxygen atoms in total. The van der Waals surface area contributed by atoms with Gasteiger partial charge in [-0.1, -0.05) is 17.7 Å². The van der Waals surface area contributed by atoms with Gasteiger partial charge in [0.25, 0.3) is 11.7 Å². The Bertz CT molecular complexity index is 799. The van der Waals surface area contributed by atoms with Crippen molar-refractivity contribution < 1.29 is 14.3 Å². The second-order valence-corrected chi connectivity index (χ2v) is 6.80. The Kier molecular flexibility index (Phi) is 4.71. The van der Waals surface area contributed by atoms with Crippen LogP contribution in [0.2, 0.25) is 0 Å². The zero-order valence-electron chi connectivity index (χ0n) is 13.6. The number of Topliss-reactive ketones (excluding diaryl/α,β-unsaturated/α-hetero) is 1. The van der Waals surface area contributed by atoms with E-state index < -0.39 is 11.7 Å². The smallest absolute Gasteiger partial charge is 0.299 e. The molecule has 0 aromatic heterocycles. The van der Waals surface area contributed by atoms with E-state index in [9.17, 15) is 9.59 Å². The number of carbonyl (C=O) groups excluding carboxylic acids is 2. The van der Waals surface area contributed by atoms with Crippen molar-refractivity contribution in [2.75, 3.05) is 18.1 Å². The molecule has 5 heteroatoms. The molecule has 1 aliphatic heterocycles. The molecule has 0 spiro atoms. The van der Waals surface area contributed by atoms with Crippen molar-refractivity contribution in [3.05, 3.63) is 57.6 Å². The lowest BCUT2D eigenvalue weighted by Crippen LogP contribution is -2.31. The third-order valence-corrected chi connectivity index (χ3v) is 4.58. The Balaban J connectivity index is 1.65. The van der Waals surface area contributed by atoms with E-state index in [1.165, 1.54) is 5.56 Å². The van der Waals surface area contributed by atoms with Crippen LogP contribution in [0.25, 0.3) is 0 Å². The predicted molar refractivity (Wildman–Crippen MR) is 96.9 cm³/mol. The van der Waals surface area contributed by atoms with Gasteiger partial charge in [-0.15, -0.1) is 0 Å². The van der Waals surface area contributed by atoms with E-state index in [2.05, 4.69) is 15.9 Å². The number of ketones is 1. The maximum absolute atomic E-state index is 12.2. The highest BCUT2D eigenvalue weighted by molar-refractivity contribution is 9.10. The molecule has 24 heavy (non-hydrogen) atoms. The Morgan fingerprint density at radius 3 is 2.46 bits per heavy atom. The van der Waals surface area contributed by atoms with Crippen LogP contribution in [0, 0.1) is 13.8 Å². The summed E-state index contributed by atoms with van der Waals surface area (Å²) in [4.78, 5) is 25.9. The van der Waals surface area contributed by atoms with Crippen LogP contribution < -0.4 is 9.64 Å². The van der Waals surface area contributed by atoms with Gasteiger partial charge in [-0.05, 0) is 66.0 Å². The molecule has 0 aliphatic carbocycles. The summed E-state index contributed by atoms with van der Waals surface area (Å²) in [6.07, 6.45) is 0.645. The third-order valence-electron chi connectivity index (χ3n) is 3.98. The van der Waals surface area contributed by atoms with Crippen LogP contribution in [0.5, 0.6) is 5.75 Å². The van der Waals surface area contributed by atoms with Gasteiger partial charge in [0.15, 0.2) is 0 Å². The zero-order chi connectivity index (χ0) is 17.3. The van der Waals surface area contributed by atoms with Crippen LogP contribution in [0.4, 0.5) is 5.69 Å². The molecule has 3 rings (SSSR count). The molecule has 2 aromatic rings. The van der Waals surface area contributed by atoms with E-state index in [-0.39, 0.29) is 0 Å². The molecule has 1 aliphatic rings. The van der Waals surface area contributed by atoms with Gasteiger partial charge in [0.05, 0.1) is 17.9 Å². The van der Waals surface area contributed by atoms with Crippen molar-refractivity contribution in [3.8, 4) is 5.75 Å². The van der Waals surface area contributed by atoms with E-state index >= 15 is 0 Å². The van der Waals surface area contributed by atoms with Gasteiger partial charge < -0.3 is 9.64 Å². The lowest BCUT2D eigenvalue weighted by Gasteiger charge is -2.18. The standard InChI is InChI=1S/C19H18BrNO3/c1-12-4-6-14(7-5-12)24-9-3-8-21-17-15(18(22)19(21)23)10-13(2)11-16(17)20/h4-7,10-11H,3,8-9H2,1-2H3. The fourth-order valence-electron chi connectivity index (χ4n) is 2.78. The van der Waals surface area contributed by atoms with E-state index in [4.69, 9.17) is 4.74 Å². The summed E-state index contributed by atoms with van der Waals surface area (Å²) in [7, 11) is 0. The van der Waals surface area contributed by atoms with Gasteiger partial charge in [-0.25, -0.2) is 0 Å². The molecule has 0 bridgehead atoms. The van der Waals surface area contributed by atoms with E-state index in [0.717, 1.165) is 15.8 Å². The van der Waals surface area contributed by atoms with Gasteiger partial charge in [0.1, 0.15) is 5.75 Å². The van der Waals surface area contributed by atoms with Crippen LogP contribution in [0.3, 0.4) is 0 Å². The number of nitrogens with zero attached hydrogens (tertiary/aromatic N) is 1. The number of fused-ring (bicyclic) bond motifs is 1. The molecule has 2 aromatic carbocycles. The lowest BCUT2D eigenvalue weighted by atomic mass is 10.1.